The van der Waals surface area contributed by atoms with Gasteiger partial charge in [0.2, 0.25) is 0 Å². The lowest BCUT2D eigenvalue weighted by Crippen LogP contribution is -1.91. The summed E-state index contributed by atoms with van der Waals surface area (Å²) in [6.45, 7) is 1.59. The van der Waals surface area contributed by atoms with Crippen LogP contribution in [0.1, 0.15) is 17.3 Å². The zero-order chi connectivity index (χ0) is 10.8. The maximum Gasteiger partial charge on any atom is 0.159 e. The van der Waals surface area contributed by atoms with Crippen molar-refractivity contribution in [3.63, 3.8) is 0 Å². The Kier molecular flexibility index (Phi) is 3.03. The van der Waals surface area contributed by atoms with Gasteiger partial charge in [0.25, 0.3) is 0 Å². The summed E-state index contributed by atoms with van der Waals surface area (Å²) < 4.78 is 1.08. The second-order valence-corrected chi connectivity index (χ2v) is 4.87. The van der Waals surface area contributed by atoms with Crippen LogP contribution in [0.15, 0.2) is 39.5 Å². The molecule has 0 aliphatic rings. The zero-order valence-corrected chi connectivity index (χ0v) is 10.6. The fraction of sp³-hybridized carbons (Fsp3) is 0.0833. The number of Topliss-reactive ketones (excluding diaryl/α,β-unsaturated/α-hetero) is 1. The average Bonchev–Trinajstić information content (AvgIpc) is 2.64. The second kappa shape index (κ2) is 4.29. The van der Waals surface area contributed by atoms with Gasteiger partial charge in [0.05, 0.1) is 0 Å². The molecule has 0 unspecified atom stereocenters. The quantitative estimate of drug-likeness (QED) is 0.746. The number of rotatable bonds is 2. The molecule has 76 valence electrons. The molecule has 15 heavy (non-hydrogen) atoms. The van der Waals surface area contributed by atoms with Gasteiger partial charge in [-0.25, -0.2) is 0 Å². The molecule has 0 spiro atoms. The maximum atomic E-state index is 11.2. The first-order valence-corrected chi connectivity index (χ1v) is 6.25. The van der Waals surface area contributed by atoms with Gasteiger partial charge in [-0.1, -0.05) is 18.2 Å². The van der Waals surface area contributed by atoms with Gasteiger partial charge in [-0.15, -0.1) is 0 Å². The number of hydrogen-bond acceptors (Lipinski definition) is 2. The lowest BCUT2D eigenvalue weighted by Gasteiger charge is -2.01. The Labute approximate surface area is 101 Å². The zero-order valence-electron chi connectivity index (χ0n) is 8.16. The molecule has 0 atom stereocenters. The highest BCUT2D eigenvalue weighted by molar-refractivity contribution is 9.10. The van der Waals surface area contributed by atoms with E-state index < -0.39 is 0 Å². The predicted molar refractivity (Wildman–Crippen MR) is 67.5 cm³/mol. The molecule has 2 aromatic rings. The van der Waals surface area contributed by atoms with Crippen LogP contribution in [0.4, 0.5) is 0 Å². The lowest BCUT2D eigenvalue weighted by molar-refractivity contribution is 0.101. The Morgan fingerprint density at radius 2 is 2.13 bits per heavy atom. The largest absolute Gasteiger partial charge is 0.295 e. The molecule has 0 saturated heterocycles. The summed E-state index contributed by atoms with van der Waals surface area (Å²) in [5.74, 6) is 0.100. The van der Waals surface area contributed by atoms with E-state index in [4.69, 9.17) is 0 Å². The van der Waals surface area contributed by atoms with Crippen molar-refractivity contribution in [1.29, 1.82) is 0 Å². The molecule has 0 fully saturated rings. The Hall–Kier alpha value is -0.930. The Morgan fingerprint density at radius 1 is 1.33 bits per heavy atom. The number of ketones is 1. The monoisotopic (exact) mass is 280 g/mol. The normalized spacial score (nSPS) is 10.3. The van der Waals surface area contributed by atoms with Gasteiger partial charge in [0, 0.05) is 21.0 Å². The molecule has 0 radical (unpaired) electrons. The van der Waals surface area contributed by atoms with E-state index in [1.165, 1.54) is 0 Å². The first kappa shape index (κ1) is 10.6. The van der Waals surface area contributed by atoms with Crippen LogP contribution in [0, 0.1) is 0 Å². The predicted octanol–water partition coefficient (Wildman–Crippen LogP) is 4.38. The van der Waals surface area contributed by atoms with E-state index in [1.54, 1.807) is 18.3 Å². The van der Waals surface area contributed by atoms with E-state index in [0.29, 0.717) is 0 Å². The fourth-order valence-electron chi connectivity index (χ4n) is 1.39. The number of carbonyl (C=O) groups is 1. The minimum Gasteiger partial charge on any atom is -0.295 e. The van der Waals surface area contributed by atoms with Crippen molar-refractivity contribution < 1.29 is 4.79 Å². The van der Waals surface area contributed by atoms with Crippen LogP contribution in [-0.4, -0.2) is 5.78 Å². The standard InChI is InChI=1S/C12H9BrOS/c1-8(14)9-3-2-4-10(5-9)11-6-15-7-12(11)13/h2-7H,1H3. The summed E-state index contributed by atoms with van der Waals surface area (Å²) in [5.41, 5.74) is 2.98. The average molecular weight is 281 g/mol. The van der Waals surface area contributed by atoms with Crippen LogP contribution >= 0.6 is 27.3 Å². The molecule has 0 amide bonds. The van der Waals surface area contributed by atoms with E-state index >= 15 is 0 Å². The van der Waals surface area contributed by atoms with Crippen molar-refractivity contribution in [3.8, 4) is 11.1 Å². The number of benzene rings is 1. The number of halogens is 1. The van der Waals surface area contributed by atoms with E-state index in [2.05, 4.69) is 21.3 Å². The molecular weight excluding hydrogens is 272 g/mol. The molecule has 0 bridgehead atoms. The fourth-order valence-corrected chi connectivity index (χ4v) is 2.93. The highest BCUT2D eigenvalue weighted by Gasteiger charge is 2.06. The van der Waals surface area contributed by atoms with E-state index in [1.807, 2.05) is 29.6 Å². The van der Waals surface area contributed by atoms with Gasteiger partial charge in [-0.05, 0) is 39.9 Å². The van der Waals surface area contributed by atoms with E-state index in [-0.39, 0.29) is 5.78 Å². The van der Waals surface area contributed by atoms with E-state index in [0.717, 1.165) is 21.2 Å². The summed E-state index contributed by atoms with van der Waals surface area (Å²) in [6, 6.07) is 7.69. The molecule has 1 nitrogen and oxygen atoms in total. The third-order valence-electron chi connectivity index (χ3n) is 2.19. The third-order valence-corrected chi connectivity index (χ3v) is 3.90. The molecule has 3 heteroatoms. The van der Waals surface area contributed by atoms with Crippen molar-refractivity contribution in [2.75, 3.05) is 0 Å². The van der Waals surface area contributed by atoms with Gasteiger partial charge in [-0.2, -0.15) is 11.3 Å². The number of carbonyl (C=O) groups excluding carboxylic acids is 1. The first-order chi connectivity index (χ1) is 7.18. The van der Waals surface area contributed by atoms with Crippen LogP contribution in [0.25, 0.3) is 11.1 Å². The van der Waals surface area contributed by atoms with Gasteiger partial charge in [-0.3, -0.25) is 4.79 Å². The molecule has 1 heterocycles. The molecule has 1 aromatic heterocycles. The first-order valence-electron chi connectivity index (χ1n) is 4.51. The van der Waals surface area contributed by atoms with Gasteiger partial charge in [0.1, 0.15) is 0 Å². The summed E-state index contributed by atoms with van der Waals surface area (Å²) >= 11 is 5.13. The van der Waals surface area contributed by atoms with Gasteiger partial charge in [0.15, 0.2) is 5.78 Å². The molecule has 2 rings (SSSR count). The van der Waals surface area contributed by atoms with E-state index in [9.17, 15) is 4.79 Å². The number of thiophene rings is 1. The lowest BCUT2D eigenvalue weighted by atomic mass is 10.0. The third kappa shape index (κ3) is 2.19. The van der Waals surface area contributed by atoms with Crippen molar-refractivity contribution in [2.45, 2.75) is 6.92 Å². The van der Waals surface area contributed by atoms with Gasteiger partial charge < -0.3 is 0 Å². The van der Waals surface area contributed by atoms with Crippen molar-refractivity contribution in [3.05, 3.63) is 45.1 Å². The summed E-state index contributed by atoms with van der Waals surface area (Å²) in [4.78, 5) is 11.2. The smallest absolute Gasteiger partial charge is 0.159 e. The topological polar surface area (TPSA) is 17.1 Å². The van der Waals surface area contributed by atoms with Crippen LogP contribution in [0.3, 0.4) is 0 Å². The summed E-state index contributed by atoms with van der Waals surface area (Å²) in [6.07, 6.45) is 0. The molecule has 0 aliphatic carbocycles. The number of hydrogen-bond donors (Lipinski definition) is 0. The summed E-state index contributed by atoms with van der Waals surface area (Å²) in [5, 5.41) is 4.11. The minimum atomic E-state index is 0.100. The summed E-state index contributed by atoms with van der Waals surface area (Å²) in [7, 11) is 0. The Morgan fingerprint density at radius 3 is 2.73 bits per heavy atom. The van der Waals surface area contributed by atoms with Crippen LogP contribution < -0.4 is 0 Å². The molecule has 0 N–H and O–H groups in total. The maximum absolute atomic E-state index is 11.2. The minimum absolute atomic E-state index is 0.100. The highest BCUT2D eigenvalue weighted by Crippen LogP contribution is 2.31. The molecular formula is C12H9BrOS. The second-order valence-electron chi connectivity index (χ2n) is 3.27. The SMILES string of the molecule is CC(=O)c1cccc(-c2cscc2Br)c1. The van der Waals surface area contributed by atoms with Crippen LogP contribution in [-0.2, 0) is 0 Å². The van der Waals surface area contributed by atoms with Crippen LogP contribution in [0.2, 0.25) is 0 Å². The molecule has 0 aliphatic heterocycles. The van der Waals surface area contributed by atoms with Crippen molar-refractivity contribution in [1.82, 2.24) is 0 Å². The van der Waals surface area contributed by atoms with Crippen molar-refractivity contribution in [2.24, 2.45) is 0 Å². The highest BCUT2D eigenvalue weighted by atomic mass is 79.9. The molecule has 1 aromatic carbocycles. The Balaban J connectivity index is 2.50. The molecule has 0 saturated carbocycles. The van der Waals surface area contributed by atoms with Crippen molar-refractivity contribution >= 4 is 33.0 Å². The van der Waals surface area contributed by atoms with Gasteiger partial charge >= 0.3 is 0 Å². The van der Waals surface area contributed by atoms with Crippen LogP contribution in [0.5, 0.6) is 0 Å². The Bertz CT molecular complexity index is 502.